The quantitative estimate of drug-likeness (QED) is 0.628. The Morgan fingerprint density at radius 2 is 2.29 bits per heavy atom. The average Bonchev–Trinajstić information content (AvgIpc) is 2.94. The largest absolute Gasteiger partial charge is 0.383 e. The van der Waals surface area contributed by atoms with E-state index in [2.05, 4.69) is 4.98 Å². The van der Waals surface area contributed by atoms with Gasteiger partial charge in [-0.25, -0.2) is 4.98 Å². The second-order valence-electron chi connectivity index (χ2n) is 3.65. The molecule has 0 aromatic carbocycles. The van der Waals surface area contributed by atoms with Crippen LogP contribution in [0.5, 0.6) is 0 Å². The zero-order chi connectivity index (χ0) is 12.3. The van der Waals surface area contributed by atoms with E-state index in [4.69, 9.17) is 0 Å². The van der Waals surface area contributed by atoms with E-state index >= 15 is 0 Å². The predicted octanol–water partition coefficient (Wildman–Crippen LogP) is 3.13. The molecule has 0 atom stereocenters. The topological polar surface area (TPSA) is 33.2 Å². The van der Waals surface area contributed by atoms with Crippen molar-refractivity contribution in [3.8, 4) is 9.88 Å². The summed E-state index contributed by atoms with van der Waals surface area (Å²) in [5, 5.41) is 2.91. The van der Waals surface area contributed by atoms with Gasteiger partial charge in [0.25, 0.3) is 0 Å². The van der Waals surface area contributed by atoms with Crippen LogP contribution in [0.15, 0.2) is 36.0 Å². The van der Waals surface area contributed by atoms with Gasteiger partial charge in [-0.1, -0.05) is 6.07 Å². The summed E-state index contributed by atoms with van der Waals surface area (Å²) < 4.78 is 0. The Kier molecular flexibility index (Phi) is 3.71. The molecule has 0 N–H and O–H groups in total. The molecule has 3 nitrogen and oxygen atoms in total. The van der Waals surface area contributed by atoms with Crippen LogP contribution in [0.2, 0.25) is 0 Å². The summed E-state index contributed by atoms with van der Waals surface area (Å²) in [6, 6.07) is 3.99. The van der Waals surface area contributed by atoms with Crippen molar-refractivity contribution in [1.82, 2.24) is 9.88 Å². The van der Waals surface area contributed by atoms with Gasteiger partial charge in [-0.15, -0.1) is 22.7 Å². The minimum absolute atomic E-state index is 0.000920. The molecule has 0 saturated heterocycles. The fourth-order valence-corrected chi connectivity index (χ4v) is 2.84. The van der Waals surface area contributed by atoms with Crippen molar-refractivity contribution in [3.63, 3.8) is 0 Å². The van der Waals surface area contributed by atoms with Crippen LogP contribution in [0.4, 0.5) is 0 Å². The number of allylic oxidation sites excluding steroid dienone is 1. The lowest BCUT2D eigenvalue weighted by Gasteiger charge is -2.01. The molecule has 0 aliphatic heterocycles. The number of nitrogens with zero attached hydrogens (tertiary/aromatic N) is 2. The molecule has 0 amide bonds. The monoisotopic (exact) mass is 264 g/mol. The average molecular weight is 264 g/mol. The predicted molar refractivity (Wildman–Crippen MR) is 72.6 cm³/mol. The second-order valence-corrected chi connectivity index (χ2v) is 5.63. The zero-order valence-electron chi connectivity index (χ0n) is 9.58. The van der Waals surface area contributed by atoms with Crippen molar-refractivity contribution in [1.29, 1.82) is 0 Å². The number of thiophene rings is 1. The first kappa shape index (κ1) is 12.0. The lowest BCUT2D eigenvalue weighted by molar-refractivity contribution is 0.104. The van der Waals surface area contributed by atoms with Gasteiger partial charge >= 0.3 is 0 Å². The lowest BCUT2D eigenvalue weighted by atomic mass is 10.3. The van der Waals surface area contributed by atoms with Gasteiger partial charge in [-0.3, -0.25) is 4.79 Å². The van der Waals surface area contributed by atoms with Crippen molar-refractivity contribution in [2.45, 2.75) is 0 Å². The maximum Gasteiger partial charge on any atom is 0.198 e. The van der Waals surface area contributed by atoms with Crippen LogP contribution < -0.4 is 0 Å². The van der Waals surface area contributed by atoms with Gasteiger partial charge in [0, 0.05) is 32.6 Å². The molecule has 0 fully saturated rings. The highest BCUT2D eigenvalue weighted by molar-refractivity contribution is 7.22. The van der Waals surface area contributed by atoms with Crippen LogP contribution in [0, 0.1) is 0 Å². The summed E-state index contributed by atoms with van der Waals surface area (Å²) in [6.45, 7) is 0. The molecule has 0 spiro atoms. The molecular formula is C12H12N2OS2. The molecule has 2 heterocycles. The van der Waals surface area contributed by atoms with Crippen molar-refractivity contribution < 1.29 is 4.79 Å². The van der Waals surface area contributed by atoms with Crippen LogP contribution in [-0.2, 0) is 0 Å². The first-order valence-electron chi connectivity index (χ1n) is 5.05. The van der Waals surface area contributed by atoms with E-state index in [1.807, 2.05) is 36.5 Å². The fraction of sp³-hybridized carbons (Fsp3) is 0.167. The molecule has 0 unspecified atom stereocenters. The smallest absolute Gasteiger partial charge is 0.198 e. The number of carbonyl (C=O) groups excluding carboxylic acids is 1. The molecule has 0 radical (unpaired) electrons. The van der Waals surface area contributed by atoms with E-state index in [0.29, 0.717) is 4.88 Å². The Hall–Kier alpha value is -1.46. The molecule has 0 aliphatic rings. The number of rotatable bonds is 4. The summed E-state index contributed by atoms with van der Waals surface area (Å²) in [4.78, 5) is 19.7. The Balaban J connectivity index is 2.16. The van der Waals surface area contributed by atoms with Crippen LogP contribution >= 0.6 is 22.7 Å². The van der Waals surface area contributed by atoms with Gasteiger partial charge in [0.15, 0.2) is 5.78 Å². The number of hydrogen-bond acceptors (Lipinski definition) is 5. The number of thiazole rings is 1. The highest BCUT2D eigenvalue weighted by Crippen LogP contribution is 2.29. The van der Waals surface area contributed by atoms with E-state index in [-0.39, 0.29) is 5.78 Å². The first-order chi connectivity index (χ1) is 8.16. The van der Waals surface area contributed by atoms with Crippen LogP contribution in [0.3, 0.4) is 0 Å². The molecule has 17 heavy (non-hydrogen) atoms. The van der Waals surface area contributed by atoms with E-state index in [0.717, 1.165) is 9.88 Å². The number of aromatic nitrogens is 1. The molecule has 0 bridgehead atoms. The number of carbonyl (C=O) groups is 1. The van der Waals surface area contributed by atoms with Crippen LogP contribution in [-0.4, -0.2) is 29.8 Å². The standard InChI is InChI=1S/C12H12N2OS2/c1-14(2)6-5-9(15)11-8-13-12(17-11)10-4-3-7-16-10/h3-8H,1-2H3/b6-5+. The van der Waals surface area contributed by atoms with Crippen molar-refractivity contribution >= 4 is 28.5 Å². The maximum atomic E-state index is 11.8. The Morgan fingerprint density at radius 1 is 1.47 bits per heavy atom. The van der Waals surface area contributed by atoms with Gasteiger partial charge in [-0.05, 0) is 11.4 Å². The van der Waals surface area contributed by atoms with E-state index in [1.54, 1.807) is 29.8 Å². The minimum atomic E-state index is -0.000920. The summed E-state index contributed by atoms with van der Waals surface area (Å²) in [7, 11) is 3.76. The van der Waals surface area contributed by atoms with Crippen molar-refractivity contribution in [2.24, 2.45) is 0 Å². The van der Waals surface area contributed by atoms with Crippen molar-refractivity contribution in [3.05, 3.63) is 40.9 Å². The zero-order valence-corrected chi connectivity index (χ0v) is 11.2. The second kappa shape index (κ2) is 5.25. The first-order valence-corrected chi connectivity index (χ1v) is 6.75. The molecular weight excluding hydrogens is 252 g/mol. The third-order valence-electron chi connectivity index (χ3n) is 2.00. The molecule has 0 aliphatic carbocycles. The molecule has 2 aromatic heterocycles. The highest BCUT2D eigenvalue weighted by atomic mass is 32.1. The molecule has 88 valence electrons. The molecule has 2 aromatic rings. The third-order valence-corrected chi connectivity index (χ3v) is 4.06. The molecule has 0 saturated carbocycles. The van der Waals surface area contributed by atoms with E-state index < -0.39 is 0 Å². The normalized spacial score (nSPS) is 10.9. The maximum absolute atomic E-state index is 11.8. The van der Waals surface area contributed by atoms with Crippen LogP contribution in [0.1, 0.15) is 9.67 Å². The summed E-state index contributed by atoms with van der Waals surface area (Å²) in [5.41, 5.74) is 0. The minimum Gasteiger partial charge on any atom is -0.383 e. The van der Waals surface area contributed by atoms with E-state index in [9.17, 15) is 4.79 Å². The molecule has 2 rings (SSSR count). The summed E-state index contributed by atoms with van der Waals surface area (Å²) in [5.74, 6) is -0.000920. The highest BCUT2D eigenvalue weighted by Gasteiger charge is 2.09. The number of hydrogen-bond donors (Lipinski definition) is 0. The van der Waals surface area contributed by atoms with Gasteiger partial charge in [-0.2, -0.15) is 0 Å². The van der Waals surface area contributed by atoms with Gasteiger partial charge in [0.2, 0.25) is 0 Å². The SMILES string of the molecule is CN(C)/C=C/C(=O)c1cnc(-c2cccs2)s1. The fourth-order valence-electron chi connectivity index (χ4n) is 1.20. The van der Waals surface area contributed by atoms with Gasteiger partial charge in [0.05, 0.1) is 9.75 Å². The summed E-state index contributed by atoms with van der Waals surface area (Å²) in [6.07, 6.45) is 4.95. The third kappa shape index (κ3) is 3.01. The van der Waals surface area contributed by atoms with E-state index in [1.165, 1.54) is 11.3 Å². The van der Waals surface area contributed by atoms with Gasteiger partial charge < -0.3 is 4.90 Å². The lowest BCUT2D eigenvalue weighted by Crippen LogP contribution is -2.02. The Morgan fingerprint density at radius 3 is 2.94 bits per heavy atom. The van der Waals surface area contributed by atoms with Gasteiger partial charge in [0.1, 0.15) is 5.01 Å². The summed E-state index contributed by atoms with van der Waals surface area (Å²) >= 11 is 3.06. The number of ketones is 1. The van der Waals surface area contributed by atoms with Crippen molar-refractivity contribution in [2.75, 3.05) is 14.1 Å². The Bertz CT molecular complexity index is 526. The van der Waals surface area contributed by atoms with Crippen LogP contribution in [0.25, 0.3) is 9.88 Å². The Labute approximate surface area is 108 Å². The molecule has 5 heteroatoms.